The van der Waals surface area contributed by atoms with E-state index in [0.29, 0.717) is 6.42 Å². The van der Waals surface area contributed by atoms with E-state index in [2.05, 4.69) is 10.6 Å². The third kappa shape index (κ3) is 4.94. The lowest BCUT2D eigenvalue weighted by molar-refractivity contribution is -0.122. The molecule has 0 bridgehead atoms. The van der Waals surface area contributed by atoms with Crippen LogP contribution in [0.1, 0.15) is 46.0 Å². The van der Waals surface area contributed by atoms with Crippen molar-refractivity contribution in [2.45, 2.75) is 52.0 Å². The Kier molecular flexibility index (Phi) is 6.54. The van der Waals surface area contributed by atoms with Crippen molar-refractivity contribution in [1.82, 2.24) is 15.5 Å². The molecule has 0 saturated carbocycles. The fraction of sp³-hybridized carbons (Fsp3) is 0.846. The molecule has 1 rings (SSSR count). The maximum absolute atomic E-state index is 11.7. The van der Waals surface area contributed by atoms with Crippen molar-refractivity contribution in [1.29, 1.82) is 0 Å². The van der Waals surface area contributed by atoms with Crippen LogP contribution in [0.3, 0.4) is 0 Å². The molecule has 1 aliphatic heterocycles. The minimum atomic E-state index is 0.0233. The van der Waals surface area contributed by atoms with Gasteiger partial charge in [-0.2, -0.15) is 0 Å². The first-order valence-corrected chi connectivity index (χ1v) is 6.99. The lowest BCUT2D eigenvalue weighted by Crippen LogP contribution is -2.49. The zero-order valence-corrected chi connectivity index (χ0v) is 11.5. The number of carbonyl (C=O) groups excluding carboxylic acids is 2. The molecule has 5 nitrogen and oxygen atoms in total. The van der Waals surface area contributed by atoms with E-state index in [0.717, 1.165) is 45.3 Å². The van der Waals surface area contributed by atoms with Crippen LogP contribution in [0.2, 0.25) is 0 Å². The van der Waals surface area contributed by atoms with Gasteiger partial charge in [-0.15, -0.1) is 0 Å². The summed E-state index contributed by atoms with van der Waals surface area (Å²) in [5.74, 6) is 0.131. The predicted octanol–water partition coefficient (Wildman–Crippen LogP) is 1.49. The van der Waals surface area contributed by atoms with Crippen molar-refractivity contribution in [3.63, 3.8) is 0 Å². The number of carbonyl (C=O) groups is 2. The highest BCUT2D eigenvalue weighted by Crippen LogP contribution is 2.10. The fourth-order valence-corrected chi connectivity index (χ4v) is 2.10. The van der Waals surface area contributed by atoms with Crippen molar-refractivity contribution in [2.24, 2.45) is 0 Å². The first-order chi connectivity index (χ1) is 8.67. The van der Waals surface area contributed by atoms with Gasteiger partial charge in [0.25, 0.3) is 0 Å². The third-order valence-corrected chi connectivity index (χ3v) is 3.15. The van der Waals surface area contributed by atoms with E-state index in [-0.39, 0.29) is 18.0 Å². The first kappa shape index (κ1) is 14.8. The van der Waals surface area contributed by atoms with Crippen LogP contribution in [0.5, 0.6) is 0 Å². The van der Waals surface area contributed by atoms with Crippen molar-refractivity contribution < 1.29 is 9.59 Å². The minimum Gasteiger partial charge on any atom is -0.353 e. The van der Waals surface area contributed by atoms with Gasteiger partial charge in [0.15, 0.2) is 0 Å². The van der Waals surface area contributed by atoms with Crippen LogP contribution in [-0.4, -0.2) is 42.5 Å². The molecule has 0 radical (unpaired) electrons. The molecule has 1 fully saturated rings. The number of rotatable bonds is 5. The van der Waals surface area contributed by atoms with Gasteiger partial charge in [0.05, 0.1) is 0 Å². The van der Waals surface area contributed by atoms with E-state index in [9.17, 15) is 9.59 Å². The van der Waals surface area contributed by atoms with Crippen molar-refractivity contribution in [3.8, 4) is 0 Å². The Balaban J connectivity index is 2.23. The molecule has 1 aliphatic rings. The number of urea groups is 1. The average molecular weight is 255 g/mol. The van der Waals surface area contributed by atoms with Crippen LogP contribution in [0.15, 0.2) is 0 Å². The average Bonchev–Trinajstić information content (AvgIpc) is 2.37. The maximum Gasteiger partial charge on any atom is 0.317 e. The highest BCUT2D eigenvalue weighted by Gasteiger charge is 2.23. The summed E-state index contributed by atoms with van der Waals surface area (Å²) >= 11 is 0. The largest absolute Gasteiger partial charge is 0.353 e. The molecular weight excluding hydrogens is 230 g/mol. The van der Waals surface area contributed by atoms with Gasteiger partial charge in [0, 0.05) is 32.1 Å². The van der Waals surface area contributed by atoms with Gasteiger partial charge < -0.3 is 15.5 Å². The first-order valence-electron chi connectivity index (χ1n) is 6.99. The second-order valence-corrected chi connectivity index (χ2v) is 4.81. The molecule has 1 saturated heterocycles. The zero-order chi connectivity index (χ0) is 13.4. The summed E-state index contributed by atoms with van der Waals surface area (Å²) in [6, 6.07) is 0.259. The van der Waals surface area contributed by atoms with E-state index in [4.69, 9.17) is 0 Å². The topological polar surface area (TPSA) is 61.4 Å². The van der Waals surface area contributed by atoms with Crippen LogP contribution >= 0.6 is 0 Å². The van der Waals surface area contributed by atoms with E-state index < -0.39 is 0 Å². The molecule has 0 spiro atoms. The van der Waals surface area contributed by atoms with Crippen LogP contribution in [-0.2, 0) is 4.79 Å². The van der Waals surface area contributed by atoms with Crippen LogP contribution in [0.25, 0.3) is 0 Å². The van der Waals surface area contributed by atoms with Crippen LogP contribution in [0, 0.1) is 0 Å². The number of nitrogens with zero attached hydrogens (tertiary/aromatic N) is 1. The van der Waals surface area contributed by atoms with Crippen LogP contribution in [0.4, 0.5) is 4.79 Å². The molecule has 0 aromatic heterocycles. The minimum absolute atomic E-state index is 0.0233. The second kappa shape index (κ2) is 7.95. The molecule has 2 N–H and O–H groups in total. The molecule has 0 aliphatic carbocycles. The van der Waals surface area contributed by atoms with Crippen LogP contribution < -0.4 is 10.6 Å². The highest BCUT2D eigenvalue weighted by atomic mass is 16.2. The smallest absolute Gasteiger partial charge is 0.317 e. The number of amides is 3. The van der Waals surface area contributed by atoms with Gasteiger partial charge in [-0.1, -0.05) is 13.8 Å². The predicted molar refractivity (Wildman–Crippen MR) is 71.3 cm³/mol. The number of likely N-dealkylation sites (tertiary alicyclic amines) is 1. The monoisotopic (exact) mass is 255 g/mol. The van der Waals surface area contributed by atoms with Gasteiger partial charge >= 0.3 is 6.03 Å². The summed E-state index contributed by atoms with van der Waals surface area (Å²) in [5.41, 5.74) is 0. The zero-order valence-electron chi connectivity index (χ0n) is 11.5. The van der Waals surface area contributed by atoms with E-state index in [1.807, 2.05) is 18.7 Å². The Bertz CT molecular complexity index is 273. The number of nitrogens with one attached hydrogen (secondary N) is 2. The fourth-order valence-electron chi connectivity index (χ4n) is 2.10. The summed E-state index contributed by atoms with van der Waals surface area (Å²) in [7, 11) is 0. The highest BCUT2D eigenvalue weighted by molar-refractivity contribution is 5.76. The quantitative estimate of drug-likeness (QED) is 0.782. The summed E-state index contributed by atoms with van der Waals surface area (Å²) in [4.78, 5) is 25.0. The number of hydrogen-bond donors (Lipinski definition) is 2. The second-order valence-electron chi connectivity index (χ2n) is 4.81. The summed E-state index contributed by atoms with van der Waals surface area (Å²) in [6.45, 7) is 6.22. The van der Waals surface area contributed by atoms with Gasteiger partial charge in [-0.3, -0.25) is 4.79 Å². The molecule has 0 atom stereocenters. The van der Waals surface area contributed by atoms with Gasteiger partial charge in [0.1, 0.15) is 0 Å². The Morgan fingerprint density at radius 2 is 1.83 bits per heavy atom. The Hall–Kier alpha value is -1.26. The third-order valence-electron chi connectivity index (χ3n) is 3.15. The number of hydrogen-bond acceptors (Lipinski definition) is 2. The molecule has 18 heavy (non-hydrogen) atoms. The van der Waals surface area contributed by atoms with E-state index >= 15 is 0 Å². The van der Waals surface area contributed by atoms with Gasteiger partial charge in [-0.05, 0) is 25.7 Å². The summed E-state index contributed by atoms with van der Waals surface area (Å²) in [6.07, 6.45) is 4.14. The molecule has 0 aromatic rings. The molecule has 0 unspecified atom stereocenters. The normalized spacial score (nSPS) is 16.4. The van der Waals surface area contributed by atoms with Crippen molar-refractivity contribution in [2.75, 3.05) is 19.6 Å². The van der Waals surface area contributed by atoms with Gasteiger partial charge in [0.2, 0.25) is 5.91 Å². The maximum atomic E-state index is 11.7. The Morgan fingerprint density at radius 1 is 1.17 bits per heavy atom. The molecule has 0 aromatic carbocycles. The molecule has 3 amide bonds. The summed E-state index contributed by atoms with van der Waals surface area (Å²) < 4.78 is 0. The van der Waals surface area contributed by atoms with Crippen molar-refractivity contribution in [3.05, 3.63) is 0 Å². The van der Waals surface area contributed by atoms with Gasteiger partial charge in [-0.25, -0.2) is 4.79 Å². The Labute approximate surface area is 109 Å². The SMILES string of the molecule is CCCNC(=O)N1CCC(NC(=O)CCC)CC1. The van der Waals surface area contributed by atoms with E-state index in [1.165, 1.54) is 0 Å². The standard InChI is InChI=1S/C13H25N3O2/c1-3-5-12(17)15-11-6-9-16(10-7-11)13(18)14-8-4-2/h11H,3-10H2,1-2H3,(H,14,18)(H,15,17). The molecule has 104 valence electrons. The molecule has 1 heterocycles. The molecular formula is C13H25N3O2. The summed E-state index contributed by atoms with van der Waals surface area (Å²) in [5, 5.41) is 5.90. The van der Waals surface area contributed by atoms with E-state index in [1.54, 1.807) is 0 Å². The Morgan fingerprint density at radius 3 is 2.39 bits per heavy atom. The van der Waals surface area contributed by atoms with Crippen molar-refractivity contribution >= 4 is 11.9 Å². The number of piperidine rings is 1. The molecule has 5 heteroatoms. The lowest BCUT2D eigenvalue weighted by atomic mass is 10.1. The lowest BCUT2D eigenvalue weighted by Gasteiger charge is -2.32.